The predicted molar refractivity (Wildman–Crippen MR) is 231 cm³/mol. The van der Waals surface area contributed by atoms with Crippen molar-refractivity contribution < 1.29 is 0 Å². The van der Waals surface area contributed by atoms with Crippen molar-refractivity contribution in [2.24, 2.45) is 0 Å². The Kier molecular flexibility index (Phi) is 8.36. The van der Waals surface area contributed by atoms with Crippen LogP contribution in [0.5, 0.6) is 0 Å². The lowest BCUT2D eigenvalue weighted by Crippen LogP contribution is -1.96. The summed E-state index contributed by atoms with van der Waals surface area (Å²) in [6.45, 7) is 0. The lowest BCUT2D eigenvalue weighted by molar-refractivity contribution is 1.18. The van der Waals surface area contributed by atoms with Crippen molar-refractivity contribution in [2.75, 3.05) is 0 Å². The van der Waals surface area contributed by atoms with Gasteiger partial charge < -0.3 is 0 Å². The zero-order chi connectivity index (χ0) is 36.6. The largest absolute Gasteiger partial charge is 0.265 e. The van der Waals surface area contributed by atoms with E-state index in [0.717, 1.165) is 55.9 Å². The fraction of sp³-hybridized carbons (Fsp3) is 0. The molecular weight excluding hydrogens is 687 g/mol. The molecule has 3 nitrogen and oxygen atoms in total. The molecule has 3 heterocycles. The minimum Gasteiger partial charge on any atom is -0.265 e. The van der Waals surface area contributed by atoms with E-state index in [1.54, 1.807) is 0 Å². The van der Waals surface area contributed by atoms with Gasteiger partial charge in [-0.1, -0.05) is 146 Å². The molecule has 0 atom stereocenters. The van der Waals surface area contributed by atoms with Gasteiger partial charge in [0.25, 0.3) is 0 Å². The zero-order valence-corrected chi connectivity index (χ0v) is 30.6. The summed E-state index contributed by atoms with van der Waals surface area (Å²) >= 11 is 1.86. The number of benzene rings is 7. The first-order valence-electron chi connectivity index (χ1n) is 18.4. The van der Waals surface area contributed by atoms with Crippen LogP contribution in [0, 0.1) is 0 Å². The van der Waals surface area contributed by atoms with E-state index in [-0.39, 0.29) is 0 Å². The second kappa shape index (κ2) is 14.1. The Morgan fingerprint density at radius 1 is 0.327 bits per heavy atom. The van der Waals surface area contributed by atoms with Gasteiger partial charge in [0.1, 0.15) is 0 Å². The van der Waals surface area contributed by atoms with E-state index in [4.69, 9.17) is 9.97 Å². The van der Waals surface area contributed by atoms with Crippen LogP contribution in [0.4, 0.5) is 0 Å². The fourth-order valence-electron chi connectivity index (χ4n) is 7.40. The molecule has 10 aromatic rings. The molecule has 0 aliphatic heterocycles. The molecule has 0 amide bonds. The molecule has 10 rings (SSSR count). The van der Waals surface area contributed by atoms with Crippen molar-refractivity contribution in [1.29, 1.82) is 0 Å². The fourth-order valence-corrected chi connectivity index (χ4v) is 8.63. The number of rotatable bonds is 7. The normalized spacial score (nSPS) is 11.3. The zero-order valence-electron chi connectivity index (χ0n) is 29.8. The first-order valence-corrected chi connectivity index (χ1v) is 19.2. The highest BCUT2D eigenvalue weighted by Crippen LogP contribution is 2.42. The summed E-state index contributed by atoms with van der Waals surface area (Å²) in [5, 5.41) is 2.57. The van der Waals surface area contributed by atoms with Gasteiger partial charge in [-0.05, 0) is 87.0 Å². The third kappa shape index (κ3) is 6.39. The summed E-state index contributed by atoms with van der Waals surface area (Å²) < 4.78 is 2.58. The summed E-state index contributed by atoms with van der Waals surface area (Å²) in [6.07, 6.45) is 3.65. The molecule has 0 unspecified atom stereocenters. The molecule has 0 fully saturated rings. The Balaban J connectivity index is 1.16. The monoisotopic (exact) mass is 719 g/mol. The van der Waals surface area contributed by atoms with E-state index in [1.807, 2.05) is 54.1 Å². The second-order valence-corrected chi connectivity index (χ2v) is 14.7. The number of hydrogen-bond acceptors (Lipinski definition) is 4. The van der Waals surface area contributed by atoms with Crippen molar-refractivity contribution >= 4 is 31.5 Å². The number of aromatic nitrogens is 3. The van der Waals surface area contributed by atoms with Crippen LogP contribution < -0.4 is 0 Å². The van der Waals surface area contributed by atoms with E-state index >= 15 is 0 Å². The molecule has 0 aliphatic rings. The lowest BCUT2D eigenvalue weighted by atomic mass is 9.93. The summed E-state index contributed by atoms with van der Waals surface area (Å²) in [5.74, 6) is 0.692. The van der Waals surface area contributed by atoms with Gasteiger partial charge in [0.15, 0.2) is 5.82 Å². The molecule has 0 spiro atoms. The minimum atomic E-state index is 0.692. The molecule has 258 valence electrons. The maximum absolute atomic E-state index is 5.27. The van der Waals surface area contributed by atoms with Gasteiger partial charge in [0.2, 0.25) is 0 Å². The third-order valence-corrected chi connectivity index (χ3v) is 11.4. The topological polar surface area (TPSA) is 38.7 Å². The van der Waals surface area contributed by atoms with E-state index in [0.29, 0.717) is 5.82 Å². The van der Waals surface area contributed by atoms with Gasteiger partial charge in [-0.2, -0.15) is 0 Å². The van der Waals surface area contributed by atoms with E-state index in [2.05, 4.69) is 163 Å². The molecule has 0 N–H and O–H groups in total. The highest BCUT2D eigenvalue weighted by Gasteiger charge is 2.16. The molecule has 7 aromatic carbocycles. The highest BCUT2D eigenvalue weighted by atomic mass is 32.1. The number of thiophene rings is 1. The van der Waals surface area contributed by atoms with Crippen LogP contribution in [-0.4, -0.2) is 15.0 Å². The van der Waals surface area contributed by atoms with Crippen molar-refractivity contribution in [3.8, 4) is 78.4 Å². The third-order valence-electron chi connectivity index (χ3n) is 10.2. The van der Waals surface area contributed by atoms with Gasteiger partial charge >= 0.3 is 0 Å². The van der Waals surface area contributed by atoms with Gasteiger partial charge in [-0.15, -0.1) is 11.3 Å². The quantitative estimate of drug-likeness (QED) is 0.165. The van der Waals surface area contributed by atoms with Crippen LogP contribution in [0.1, 0.15) is 0 Å². The highest BCUT2D eigenvalue weighted by molar-refractivity contribution is 7.26. The molecule has 0 radical (unpaired) electrons. The van der Waals surface area contributed by atoms with E-state index in [9.17, 15) is 0 Å². The number of nitrogens with zero attached hydrogens (tertiary/aromatic N) is 3. The van der Waals surface area contributed by atoms with Crippen molar-refractivity contribution in [3.63, 3.8) is 0 Å². The molecule has 0 saturated carbocycles. The predicted octanol–water partition coefficient (Wildman–Crippen LogP) is 13.9. The van der Waals surface area contributed by atoms with Crippen molar-refractivity contribution in [3.05, 3.63) is 200 Å². The molecule has 3 aromatic heterocycles. The van der Waals surface area contributed by atoms with Gasteiger partial charge in [-0.25, -0.2) is 9.97 Å². The van der Waals surface area contributed by atoms with E-state index < -0.39 is 0 Å². The first-order chi connectivity index (χ1) is 27.2. The number of hydrogen-bond donors (Lipinski definition) is 0. The van der Waals surface area contributed by atoms with Crippen molar-refractivity contribution in [2.45, 2.75) is 0 Å². The number of fused-ring (bicyclic) bond motifs is 3. The second-order valence-electron chi connectivity index (χ2n) is 13.7. The Morgan fingerprint density at radius 2 is 0.836 bits per heavy atom. The Morgan fingerprint density at radius 3 is 1.55 bits per heavy atom. The smallest absolute Gasteiger partial charge is 0.160 e. The molecule has 0 aliphatic carbocycles. The molecule has 0 bridgehead atoms. The van der Waals surface area contributed by atoms with Crippen molar-refractivity contribution in [1.82, 2.24) is 15.0 Å². The van der Waals surface area contributed by atoms with E-state index in [1.165, 1.54) is 36.9 Å². The van der Waals surface area contributed by atoms with Crippen LogP contribution in [0.2, 0.25) is 0 Å². The van der Waals surface area contributed by atoms with Gasteiger partial charge in [-0.3, -0.25) is 4.98 Å². The Hall–Kier alpha value is -7.01. The average Bonchev–Trinajstić information content (AvgIpc) is 3.66. The van der Waals surface area contributed by atoms with Crippen LogP contribution in [0.15, 0.2) is 200 Å². The van der Waals surface area contributed by atoms with Crippen LogP contribution in [0.25, 0.3) is 98.6 Å². The maximum atomic E-state index is 5.27. The Labute approximate surface area is 323 Å². The molecule has 4 heteroatoms. The van der Waals surface area contributed by atoms with Crippen LogP contribution in [-0.2, 0) is 0 Å². The summed E-state index contributed by atoms with van der Waals surface area (Å²) in [4.78, 5) is 14.6. The molecule has 0 saturated heterocycles. The van der Waals surface area contributed by atoms with Gasteiger partial charge in [0.05, 0.1) is 11.4 Å². The molecular formula is C51H33N3S. The standard InChI is InChI=1S/C51H33N3S/c1-3-10-34(11-4-1)35-18-20-37(21-19-35)41-30-42(44-15-9-16-46-45-14-7-8-17-49(45)55-50(44)46)32-43(31-41)48-33-47(53-51(54-48)40-12-5-2-6-13-40)39-24-22-36(23-25-39)38-26-28-52-29-27-38/h1-33H. The minimum absolute atomic E-state index is 0.692. The summed E-state index contributed by atoms with van der Waals surface area (Å²) in [6, 6.07) is 66.8. The van der Waals surface area contributed by atoms with Crippen LogP contribution >= 0.6 is 11.3 Å². The Bertz CT molecular complexity index is 2940. The van der Waals surface area contributed by atoms with Gasteiger partial charge in [0, 0.05) is 49.3 Å². The molecule has 55 heavy (non-hydrogen) atoms. The van der Waals surface area contributed by atoms with Crippen LogP contribution in [0.3, 0.4) is 0 Å². The maximum Gasteiger partial charge on any atom is 0.160 e. The lowest BCUT2D eigenvalue weighted by Gasteiger charge is -2.14. The SMILES string of the molecule is c1ccc(-c2ccc(-c3cc(-c4cc(-c5ccc(-c6ccncc6)cc5)nc(-c5ccccc5)n4)cc(-c4cccc5c4sc4ccccc45)c3)cc2)cc1. The number of pyridine rings is 1. The summed E-state index contributed by atoms with van der Waals surface area (Å²) in [5.41, 5.74) is 14.1. The summed E-state index contributed by atoms with van der Waals surface area (Å²) in [7, 11) is 0. The average molecular weight is 720 g/mol. The first kappa shape index (κ1) is 32.6.